The summed E-state index contributed by atoms with van der Waals surface area (Å²) < 4.78 is 0. The van der Waals surface area contributed by atoms with Crippen LogP contribution in [0.5, 0.6) is 0 Å². The monoisotopic (exact) mass is 526 g/mol. The molecule has 6 fully saturated rings. The van der Waals surface area contributed by atoms with Crippen molar-refractivity contribution in [1.82, 2.24) is 0 Å². The van der Waals surface area contributed by atoms with E-state index in [1.54, 1.807) is 0 Å². The van der Waals surface area contributed by atoms with E-state index in [4.69, 9.17) is 0 Å². The Morgan fingerprint density at radius 1 is 0.842 bits per heavy atom. The Morgan fingerprint density at radius 3 is 2.08 bits per heavy atom. The van der Waals surface area contributed by atoms with Crippen LogP contribution in [0.4, 0.5) is 0 Å². The fourth-order valence-electron chi connectivity index (χ4n) is 13.5. The minimum absolute atomic E-state index is 0.0176. The summed E-state index contributed by atoms with van der Waals surface area (Å²) in [6.07, 6.45) is 13.5. The summed E-state index contributed by atoms with van der Waals surface area (Å²) in [4.78, 5) is 14.8. The number of aliphatic hydroxyl groups excluding tert-OH is 2. The Labute approximate surface area is 233 Å². The molecule has 0 heterocycles. The van der Waals surface area contributed by atoms with E-state index in [2.05, 4.69) is 41.5 Å². The molecule has 12 unspecified atom stereocenters. The second-order valence-electron chi connectivity index (χ2n) is 16.9. The van der Waals surface area contributed by atoms with E-state index in [0.29, 0.717) is 17.6 Å². The van der Waals surface area contributed by atoms with Gasteiger partial charge in [-0.15, -0.1) is 0 Å². The van der Waals surface area contributed by atoms with Crippen molar-refractivity contribution >= 4 is 5.78 Å². The maximum atomic E-state index is 14.8. The lowest BCUT2D eigenvalue weighted by Gasteiger charge is -2.70. The number of aliphatic hydroxyl groups is 2. The topological polar surface area (TPSA) is 57.5 Å². The maximum absolute atomic E-state index is 14.8. The van der Waals surface area contributed by atoms with Gasteiger partial charge in [-0.3, -0.25) is 4.79 Å². The number of rotatable bonds is 2. The standard InChI is InChI=1S/C35H58O3/c1-19-12-13-26(25-14-23-10-8-9-11-24(23)15-25)27-17-33(5)18-34(6)16-20(2)28(22(4)36)32(38)35(34,7)21(3)30(33)31(37)29(19)27/h19-30,32,36,38H,8-18H2,1-7H3/t19?,20?,21?,22?,23?,24?,25?,26?,27?,28?,29?,30?,32?,33-,34+,35+/m0/s1. The fraction of sp³-hybridized carbons (Fsp3) is 0.971. The van der Waals surface area contributed by atoms with Crippen molar-refractivity contribution in [3.05, 3.63) is 0 Å². The SMILES string of the molecule is CC(O)C1C(C)C[C@]2(C)C[C@]3(C)CC4C(C5CC6CCCCC6C5)CCC(C)C4C(=O)C3C(C)[C@]2(C)C1O. The molecular weight excluding hydrogens is 468 g/mol. The van der Waals surface area contributed by atoms with Gasteiger partial charge < -0.3 is 10.2 Å². The highest BCUT2D eigenvalue weighted by atomic mass is 16.3. The molecule has 38 heavy (non-hydrogen) atoms. The van der Waals surface area contributed by atoms with Gasteiger partial charge in [0.05, 0.1) is 12.2 Å². The first-order chi connectivity index (χ1) is 17.8. The lowest BCUT2D eigenvalue weighted by molar-refractivity contribution is -0.252. The van der Waals surface area contributed by atoms with E-state index >= 15 is 0 Å². The summed E-state index contributed by atoms with van der Waals surface area (Å²) in [6, 6.07) is 0. The number of Topliss-reactive ketones (excluding diaryl/α,β-unsaturated/α-hetero) is 1. The van der Waals surface area contributed by atoms with Gasteiger partial charge in [-0.1, -0.05) is 67.2 Å². The molecule has 3 heteroatoms. The van der Waals surface area contributed by atoms with Crippen LogP contribution >= 0.6 is 0 Å². The molecule has 6 rings (SSSR count). The summed E-state index contributed by atoms with van der Waals surface area (Å²) in [5.74, 6) is 5.70. The van der Waals surface area contributed by atoms with Gasteiger partial charge in [-0.05, 0) is 110 Å². The van der Waals surface area contributed by atoms with Crippen molar-refractivity contribution in [2.45, 2.75) is 131 Å². The Hall–Kier alpha value is -0.410. The van der Waals surface area contributed by atoms with Crippen LogP contribution in [0.25, 0.3) is 0 Å². The van der Waals surface area contributed by atoms with Gasteiger partial charge >= 0.3 is 0 Å². The average molecular weight is 527 g/mol. The highest BCUT2D eigenvalue weighted by Crippen LogP contribution is 2.72. The van der Waals surface area contributed by atoms with Gasteiger partial charge in [-0.2, -0.15) is 0 Å². The van der Waals surface area contributed by atoms with Crippen LogP contribution in [0.2, 0.25) is 0 Å². The molecule has 0 spiro atoms. The predicted molar refractivity (Wildman–Crippen MR) is 153 cm³/mol. The van der Waals surface area contributed by atoms with Crippen molar-refractivity contribution in [2.24, 2.45) is 81.3 Å². The maximum Gasteiger partial charge on any atom is 0.140 e. The molecule has 216 valence electrons. The third-order valence-electron chi connectivity index (χ3n) is 15.1. The van der Waals surface area contributed by atoms with Gasteiger partial charge in [0.25, 0.3) is 0 Å². The van der Waals surface area contributed by atoms with Gasteiger partial charge in [0, 0.05) is 23.2 Å². The molecule has 2 N–H and O–H groups in total. The predicted octanol–water partition coefficient (Wildman–Crippen LogP) is 7.53. The van der Waals surface area contributed by atoms with Gasteiger partial charge in [0.1, 0.15) is 5.78 Å². The second kappa shape index (κ2) is 9.30. The van der Waals surface area contributed by atoms with E-state index < -0.39 is 12.2 Å². The van der Waals surface area contributed by atoms with Crippen molar-refractivity contribution in [1.29, 1.82) is 0 Å². The van der Waals surface area contributed by atoms with Crippen molar-refractivity contribution in [3.63, 3.8) is 0 Å². The minimum Gasteiger partial charge on any atom is -0.393 e. The molecule has 0 radical (unpaired) electrons. The first-order valence-electron chi connectivity index (χ1n) is 16.7. The third-order valence-corrected chi connectivity index (χ3v) is 15.1. The highest BCUT2D eigenvalue weighted by Gasteiger charge is 2.70. The summed E-state index contributed by atoms with van der Waals surface area (Å²) >= 11 is 0. The Kier molecular flexibility index (Phi) is 6.79. The van der Waals surface area contributed by atoms with Crippen LogP contribution in [-0.4, -0.2) is 28.2 Å². The van der Waals surface area contributed by atoms with Crippen molar-refractivity contribution < 1.29 is 15.0 Å². The molecular formula is C35H58O3. The minimum atomic E-state index is -0.570. The molecule has 0 saturated heterocycles. The molecule has 0 amide bonds. The molecule has 15 atom stereocenters. The Morgan fingerprint density at radius 2 is 1.47 bits per heavy atom. The van der Waals surface area contributed by atoms with E-state index in [9.17, 15) is 15.0 Å². The van der Waals surface area contributed by atoms with Crippen LogP contribution in [0, 0.1) is 81.3 Å². The van der Waals surface area contributed by atoms with E-state index in [1.165, 1.54) is 57.8 Å². The normalized spacial score (nSPS) is 59.3. The number of carbonyl (C=O) groups is 1. The quantitative estimate of drug-likeness (QED) is 0.391. The highest BCUT2D eigenvalue weighted by molar-refractivity contribution is 5.86. The molecule has 6 saturated carbocycles. The van der Waals surface area contributed by atoms with E-state index in [0.717, 1.165) is 36.5 Å². The van der Waals surface area contributed by atoms with Gasteiger partial charge in [0.15, 0.2) is 0 Å². The second-order valence-corrected chi connectivity index (χ2v) is 16.9. The fourth-order valence-corrected chi connectivity index (χ4v) is 13.5. The van der Waals surface area contributed by atoms with Crippen LogP contribution in [-0.2, 0) is 4.79 Å². The third kappa shape index (κ3) is 3.75. The lowest BCUT2D eigenvalue weighted by Crippen LogP contribution is -2.69. The number of hydrogen-bond donors (Lipinski definition) is 2. The number of fused-ring (bicyclic) bond motifs is 4. The summed E-state index contributed by atoms with van der Waals surface area (Å²) in [7, 11) is 0. The molecule has 0 aromatic heterocycles. The van der Waals surface area contributed by atoms with Crippen molar-refractivity contribution in [2.75, 3.05) is 0 Å². The Balaban J connectivity index is 1.34. The van der Waals surface area contributed by atoms with Crippen LogP contribution in [0.15, 0.2) is 0 Å². The largest absolute Gasteiger partial charge is 0.393 e. The van der Waals surface area contributed by atoms with Gasteiger partial charge in [0.2, 0.25) is 0 Å². The molecule has 3 nitrogen and oxygen atoms in total. The number of ketones is 1. The van der Waals surface area contributed by atoms with Gasteiger partial charge in [-0.25, -0.2) is 0 Å². The molecule has 6 aliphatic rings. The zero-order chi connectivity index (χ0) is 27.4. The first kappa shape index (κ1) is 27.7. The molecule has 0 aromatic rings. The van der Waals surface area contributed by atoms with Crippen LogP contribution in [0.1, 0.15) is 119 Å². The van der Waals surface area contributed by atoms with E-state index in [1.807, 2.05) is 6.92 Å². The Bertz CT molecular complexity index is 914. The van der Waals surface area contributed by atoms with Crippen molar-refractivity contribution in [3.8, 4) is 0 Å². The average Bonchev–Trinajstić information content (AvgIpc) is 3.25. The molecule has 0 aliphatic heterocycles. The van der Waals surface area contributed by atoms with E-state index in [-0.39, 0.29) is 45.8 Å². The number of hydrogen-bond acceptors (Lipinski definition) is 3. The molecule has 6 aliphatic carbocycles. The van der Waals surface area contributed by atoms with Crippen LogP contribution < -0.4 is 0 Å². The lowest BCUT2D eigenvalue weighted by atomic mass is 9.34. The molecule has 0 bridgehead atoms. The molecule has 0 aromatic carbocycles. The summed E-state index contributed by atoms with van der Waals surface area (Å²) in [5.41, 5.74) is -0.358. The first-order valence-corrected chi connectivity index (χ1v) is 16.7. The summed E-state index contributed by atoms with van der Waals surface area (Å²) in [6.45, 7) is 16.0. The zero-order valence-corrected chi connectivity index (χ0v) is 25.6. The summed E-state index contributed by atoms with van der Waals surface area (Å²) in [5, 5.41) is 22.7. The van der Waals surface area contributed by atoms with Crippen LogP contribution in [0.3, 0.4) is 0 Å². The smallest absolute Gasteiger partial charge is 0.140 e. The zero-order valence-electron chi connectivity index (χ0n) is 25.6. The number of carbonyl (C=O) groups excluding carboxylic acids is 1.